The molecular weight excluding hydrogens is 480 g/mol. The van der Waals surface area contributed by atoms with Crippen molar-refractivity contribution in [3.05, 3.63) is 94.6 Å². The summed E-state index contributed by atoms with van der Waals surface area (Å²) in [4.78, 5) is 28.4. The number of halogens is 1. The molecule has 5 rings (SSSR count). The Morgan fingerprint density at radius 2 is 1.75 bits per heavy atom. The highest BCUT2D eigenvalue weighted by molar-refractivity contribution is 6.52. The number of fused-ring (bicyclic) bond motifs is 1. The third-order valence-electron chi connectivity index (χ3n) is 6.42. The van der Waals surface area contributed by atoms with Crippen LogP contribution in [0.5, 0.6) is 11.5 Å². The van der Waals surface area contributed by atoms with Gasteiger partial charge >= 0.3 is 0 Å². The van der Waals surface area contributed by atoms with Crippen molar-refractivity contribution in [3.8, 4) is 11.5 Å². The zero-order chi connectivity index (χ0) is 25.6. The minimum Gasteiger partial charge on any atom is -0.507 e. The molecule has 1 unspecified atom stereocenters. The normalized spacial score (nSPS) is 17.1. The summed E-state index contributed by atoms with van der Waals surface area (Å²) in [5, 5.41) is 12.8. The number of aryl methyl sites for hydroxylation is 1. The van der Waals surface area contributed by atoms with Gasteiger partial charge in [0.15, 0.2) is 0 Å². The molecule has 8 heteroatoms. The molecular formula is C28H23ClN2O5. The number of methoxy groups -OCH3 is 2. The van der Waals surface area contributed by atoms with E-state index in [1.807, 2.05) is 42.1 Å². The Bertz CT molecular complexity index is 1550. The number of carbonyl (C=O) groups excluding carboxylic acids is 2. The van der Waals surface area contributed by atoms with Crippen molar-refractivity contribution in [2.45, 2.75) is 6.04 Å². The highest BCUT2D eigenvalue weighted by Crippen LogP contribution is 2.46. The lowest BCUT2D eigenvalue weighted by atomic mass is 9.94. The fourth-order valence-corrected chi connectivity index (χ4v) is 4.93. The van der Waals surface area contributed by atoms with Crippen LogP contribution in [0.25, 0.3) is 16.7 Å². The van der Waals surface area contributed by atoms with Gasteiger partial charge in [-0.1, -0.05) is 35.9 Å². The van der Waals surface area contributed by atoms with Crippen LogP contribution < -0.4 is 14.4 Å². The zero-order valence-corrected chi connectivity index (χ0v) is 20.6. The lowest BCUT2D eigenvalue weighted by Gasteiger charge is -2.25. The number of para-hydroxylation sites is 1. The number of carbonyl (C=O) groups is 2. The van der Waals surface area contributed by atoms with E-state index in [-0.39, 0.29) is 16.9 Å². The Morgan fingerprint density at radius 3 is 2.47 bits per heavy atom. The van der Waals surface area contributed by atoms with E-state index in [1.54, 1.807) is 42.5 Å². The molecule has 7 nitrogen and oxygen atoms in total. The third kappa shape index (κ3) is 3.69. The van der Waals surface area contributed by atoms with Crippen LogP contribution in [-0.4, -0.2) is 35.6 Å². The van der Waals surface area contributed by atoms with Gasteiger partial charge in [0.2, 0.25) is 0 Å². The van der Waals surface area contributed by atoms with Gasteiger partial charge in [0, 0.05) is 46.5 Å². The molecule has 0 bridgehead atoms. The minimum absolute atomic E-state index is 0.0419. The van der Waals surface area contributed by atoms with Crippen LogP contribution in [0.2, 0.25) is 5.02 Å². The van der Waals surface area contributed by atoms with Crippen LogP contribution in [0.15, 0.2) is 78.5 Å². The van der Waals surface area contributed by atoms with Gasteiger partial charge in [0.1, 0.15) is 17.3 Å². The first kappa shape index (κ1) is 23.5. The number of hydrogen-bond acceptors (Lipinski definition) is 5. The molecule has 1 atom stereocenters. The molecule has 36 heavy (non-hydrogen) atoms. The summed E-state index contributed by atoms with van der Waals surface area (Å²) in [6.07, 6.45) is 1.87. The Morgan fingerprint density at radius 1 is 0.972 bits per heavy atom. The summed E-state index contributed by atoms with van der Waals surface area (Å²) in [6, 6.07) is 18.4. The van der Waals surface area contributed by atoms with Crippen LogP contribution in [0.3, 0.4) is 0 Å². The minimum atomic E-state index is -0.902. The number of aliphatic hydroxyl groups excluding tert-OH is 1. The SMILES string of the molecule is COc1ccc(/C(O)=C2\C(=O)C(=O)N(c3cccc(Cl)c3)C2c2cn(C)c3ccccc23)c(OC)c1. The first-order valence-corrected chi connectivity index (χ1v) is 11.6. The van der Waals surface area contributed by atoms with Crippen LogP contribution in [0.4, 0.5) is 5.69 Å². The number of Topliss-reactive ketones (excluding diaryl/α,β-unsaturated/α-hetero) is 1. The Kier molecular flexibility index (Phi) is 5.94. The molecule has 0 aliphatic carbocycles. The quantitative estimate of drug-likeness (QED) is 0.222. The van der Waals surface area contributed by atoms with Crippen LogP contribution in [0.1, 0.15) is 17.2 Å². The monoisotopic (exact) mass is 502 g/mol. The Balaban J connectivity index is 1.81. The maximum atomic E-state index is 13.5. The van der Waals surface area contributed by atoms with Gasteiger partial charge in [0.05, 0.1) is 31.4 Å². The van der Waals surface area contributed by atoms with E-state index in [1.165, 1.54) is 19.1 Å². The Labute approximate surface area is 212 Å². The number of aliphatic hydroxyl groups is 1. The molecule has 1 N–H and O–H groups in total. The number of rotatable bonds is 5. The van der Waals surface area contributed by atoms with E-state index in [0.29, 0.717) is 27.8 Å². The third-order valence-corrected chi connectivity index (χ3v) is 6.65. The van der Waals surface area contributed by atoms with Crippen molar-refractivity contribution >= 4 is 45.6 Å². The van der Waals surface area contributed by atoms with Crippen molar-refractivity contribution in [3.63, 3.8) is 0 Å². The standard InChI is InChI=1S/C28H23ClN2O5/c1-30-15-21(19-9-4-5-10-22(19)30)25-24(26(32)20-12-11-18(35-2)14-23(20)36-3)27(33)28(34)31(25)17-8-6-7-16(29)13-17/h4-15,25,32H,1-3H3/b26-24+. The summed E-state index contributed by atoms with van der Waals surface area (Å²) in [5.74, 6) is -1.08. The second kappa shape index (κ2) is 9.09. The summed E-state index contributed by atoms with van der Waals surface area (Å²) >= 11 is 6.25. The zero-order valence-electron chi connectivity index (χ0n) is 19.9. The summed E-state index contributed by atoms with van der Waals surface area (Å²) in [5.41, 5.74) is 2.29. The number of amides is 1. The molecule has 0 saturated carbocycles. The van der Waals surface area contributed by atoms with E-state index < -0.39 is 17.7 Å². The first-order valence-electron chi connectivity index (χ1n) is 11.2. The molecule has 0 spiro atoms. The maximum absolute atomic E-state index is 13.5. The molecule has 1 saturated heterocycles. The van der Waals surface area contributed by atoms with E-state index in [9.17, 15) is 14.7 Å². The van der Waals surface area contributed by atoms with Crippen LogP contribution >= 0.6 is 11.6 Å². The lowest BCUT2D eigenvalue weighted by Crippen LogP contribution is -2.29. The molecule has 3 aromatic carbocycles. The van der Waals surface area contributed by atoms with Crippen molar-refractivity contribution < 1.29 is 24.2 Å². The van der Waals surface area contributed by atoms with E-state index in [2.05, 4.69) is 0 Å². The molecule has 1 amide bonds. The van der Waals surface area contributed by atoms with Crippen LogP contribution in [-0.2, 0) is 16.6 Å². The highest BCUT2D eigenvalue weighted by atomic mass is 35.5. The molecule has 182 valence electrons. The summed E-state index contributed by atoms with van der Waals surface area (Å²) in [7, 11) is 4.87. The maximum Gasteiger partial charge on any atom is 0.300 e. The van der Waals surface area contributed by atoms with Gasteiger partial charge in [-0.15, -0.1) is 0 Å². The topological polar surface area (TPSA) is 81.0 Å². The predicted octanol–water partition coefficient (Wildman–Crippen LogP) is 5.48. The number of hydrogen-bond donors (Lipinski definition) is 1. The number of ketones is 1. The fourth-order valence-electron chi connectivity index (χ4n) is 4.75. The molecule has 1 fully saturated rings. The molecule has 2 heterocycles. The van der Waals surface area contributed by atoms with Gasteiger partial charge in [-0.05, 0) is 36.4 Å². The first-order chi connectivity index (χ1) is 17.3. The largest absolute Gasteiger partial charge is 0.507 e. The molecule has 1 aliphatic rings. The average molecular weight is 503 g/mol. The second-order valence-electron chi connectivity index (χ2n) is 8.43. The van der Waals surface area contributed by atoms with Gasteiger partial charge in [0.25, 0.3) is 11.7 Å². The predicted molar refractivity (Wildman–Crippen MR) is 139 cm³/mol. The number of benzene rings is 3. The van der Waals surface area contributed by atoms with E-state index in [4.69, 9.17) is 21.1 Å². The summed E-state index contributed by atoms with van der Waals surface area (Å²) in [6.45, 7) is 0. The van der Waals surface area contributed by atoms with Gasteiger partial charge < -0.3 is 19.1 Å². The molecule has 1 aliphatic heterocycles. The number of ether oxygens (including phenoxy) is 2. The fraction of sp³-hybridized carbons (Fsp3) is 0.143. The smallest absolute Gasteiger partial charge is 0.300 e. The van der Waals surface area contributed by atoms with Crippen LogP contribution in [0, 0.1) is 0 Å². The number of aromatic nitrogens is 1. The highest BCUT2D eigenvalue weighted by Gasteiger charge is 2.48. The van der Waals surface area contributed by atoms with Crippen molar-refractivity contribution in [2.75, 3.05) is 19.1 Å². The van der Waals surface area contributed by atoms with Crippen molar-refractivity contribution in [1.82, 2.24) is 4.57 Å². The van der Waals surface area contributed by atoms with E-state index >= 15 is 0 Å². The van der Waals surface area contributed by atoms with Gasteiger partial charge in [-0.2, -0.15) is 0 Å². The number of anilines is 1. The van der Waals surface area contributed by atoms with Gasteiger partial charge in [-0.25, -0.2) is 0 Å². The lowest BCUT2D eigenvalue weighted by molar-refractivity contribution is -0.132. The van der Waals surface area contributed by atoms with Crippen molar-refractivity contribution in [2.24, 2.45) is 7.05 Å². The average Bonchev–Trinajstić information content (AvgIpc) is 3.36. The second-order valence-corrected chi connectivity index (χ2v) is 8.86. The number of nitrogens with zero attached hydrogens (tertiary/aromatic N) is 2. The van der Waals surface area contributed by atoms with E-state index in [0.717, 1.165) is 10.9 Å². The summed E-state index contributed by atoms with van der Waals surface area (Å²) < 4.78 is 12.7. The molecule has 4 aromatic rings. The molecule has 1 aromatic heterocycles. The Hall–Kier alpha value is -4.23. The van der Waals surface area contributed by atoms with Crippen molar-refractivity contribution in [1.29, 1.82) is 0 Å². The molecule has 0 radical (unpaired) electrons. The van der Waals surface area contributed by atoms with Gasteiger partial charge in [-0.3, -0.25) is 14.5 Å².